The molecule has 4 heteroatoms. The molecule has 3 aromatic rings. The molecule has 2 aromatic carbocycles. The molecule has 1 amide bonds. The van der Waals surface area contributed by atoms with Crippen molar-refractivity contribution >= 4 is 22.5 Å². The van der Waals surface area contributed by atoms with Crippen LogP contribution < -0.4 is 4.74 Å². The number of ether oxygens (including phenoxy) is 1. The zero-order valence-corrected chi connectivity index (χ0v) is 14.7. The quantitative estimate of drug-likeness (QED) is 0.754. The number of methoxy groups -OCH3 is 1. The largest absolute Gasteiger partial charge is 0.497 e. The lowest BCUT2D eigenvalue weighted by atomic mass is 9.84. The lowest BCUT2D eigenvalue weighted by Gasteiger charge is -2.37. The van der Waals surface area contributed by atoms with E-state index in [1.165, 1.54) is 16.5 Å². The maximum absolute atomic E-state index is 12.6. The first-order chi connectivity index (χ1) is 12.8. The van der Waals surface area contributed by atoms with Crippen LogP contribution in [0.15, 0.2) is 54.6 Å². The Morgan fingerprint density at radius 1 is 1.15 bits per heavy atom. The standard InChI is InChI=1S/C22H20N2O2/c1-26-15-10-11-18-16(12-15)21-17(14-6-3-2-4-7-14)13-24-19(22(21)23-18)8-5-9-20(24)25/h2-4,6-8,10-12,17,23H,5,9,13H2,1H3. The Labute approximate surface area is 152 Å². The van der Waals surface area contributed by atoms with Crippen LogP contribution in [-0.4, -0.2) is 29.4 Å². The molecule has 1 atom stereocenters. The highest BCUT2D eigenvalue weighted by atomic mass is 16.5. The number of carbonyl (C=O) groups excluding carboxylic acids is 1. The number of carbonyl (C=O) groups is 1. The van der Waals surface area contributed by atoms with E-state index < -0.39 is 0 Å². The van der Waals surface area contributed by atoms with Gasteiger partial charge in [-0.1, -0.05) is 36.4 Å². The Hall–Kier alpha value is -3.01. The number of hydrogen-bond donors (Lipinski definition) is 1. The Morgan fingerprint density at radius 2 is 2.00 bits per heavy atom. The predicted octanol–water partition coefficient (Wildman–Crippen LogP) is 4.29. The molecular formula is C22H20N2O2. The van der Waals surface area contributed by atoms with Gasteiger partial charge in [-0.15, -0.1) is 0 Å². The van der Waals surface area contributed by atoms with E-state index in [0.717, 1.165) is 29.1 Å². The van der Waals surface area contributed by atoms with Gasteiger partial charge in [0, 0.05) is 29.8 Å². The molecule has 1 N–H and O–H groups in total. The number of aromatic nitrogens is 1. The van der Waals surface area contributed by atoms with Gasteiger partial charge in [-0.05, 0) is 35.7 Å². The van der Waals surface area contributed by atoms with Crippen LogP contribution in [0.2, 0.25) is 0 Å². The van der Waals surface area contributed by atoms with Crippen LogP contribution in [0.1, 0.15) is 35.6 Å². The summed E-state index contributed by atoms with van der Waals surface area (Å²) in [6, 6.07) is 16.6. The Bertz CT molecular complexity index is 1030. The van der Waals surface area contributed by atoms with E-state index >= 15 is 0 Å². The summed E-state index contributed by atoms with van der Waals surface area (Å²) >= 11 is 0. The van der Waals surface area contributed by atoms with Crippen molar-refractivity contribution in [3.63, 3.8) is 0 Å². The van der Waals surface area contributed by atoms with Gasteiger partial charge in [0.15, 0.2) is 0 Å². The first-order valence-electron chi connectivity index (χ1n) is 9.01. The van der Waals surface area contributed by atoms with Gasteiger partial charge >= 0.3 is 0 Å². The van der Waals surface area contributed by atoms with Crippen LogP contribution in [0.5, 0.6) is 5.75 Å². The maximum atomic E-state index is 12.6. The van der Waals surface area contributed by atoms with Gasteiger partial charge in [0.1, 0.15) is 5.75 Å². The molecule has 1 aromatic heterocycles. The van der Waals surface area contributed by atoms with Crippen molar-refractivity contribution < 1.29 is 9.53 Å². The molecule has 5 rings (SSSR count). The molecule has 0 fully saturated rings. The number of nitrogens with zero attached hydrogens (tertiary/aromatic N) is 1. The van der Waals surface area contributed by atoms with Crippen molar-refractivity contribution in [2.24, 2.45) is 0 Å². The Kier molecular flexibility index (Phi) is 3.38. The average Bonchev–Trinajstić information content (AvgIpc) is 3.07. The van der Waals surface area contributed by atoms with Crippen LogP contribution in [0.25, 0.3) is 16.6 Å². The summed E-state index contributed by atoms with van der Waals surface area (Å²) in [4.78, 5) is 18.1. The van der Waals surface area contributed by atoms with Crippen molar-refractivity contribution in [1.29, 1.82) is 0 Å². The van der Waals surface area contributed by atoms with Gasteiger partial charge < -0.3 is 14.6 Å². The molecule has 26 heavy (non-hydrogen) atoms. The Balaban J connectivity index is 1.80. The molecule has 2 aliphatic heterocycles. The maximum Gasteiger partial charge on any atom is 0.227 e. The van der Waals surface area contributed by atoms with E-state index in [1.807, 2.05) is 17.0 Å². The number of benzene rings is 2. The molecular weight excluding hydrogens is 324 g/mol. The van der Waals surface area contributed by atoms with E-state index in [1.54, 1.807) is 7.11 Å². The first-order valence-corrected chi connectivity index (χ1v) is 9.01. The number of H-pyrrole nitrogens is 1. The predicted molar refractivity (Wildman–Crippen MR) is 102 cm³/mol. The molecule has 1 unspecified atom stereocenters. The third kappa shape index (κ3) is 2.18. The second kappa shape index (κ2) is 5.77. The fraction of sp³-hybridized carbons (Fsp3) is 0.227. The van der Waals surface area contributed by atoms with Crippen LogP contribution >= 0.6 is 0 Å². The molecule has 0 spiro atoms. The zero-order chi connectivity index (χ0) is 17.7. The minimum atomic E-state index is 0.145. The third-order valence-electron chi connectivity index (χ3n) is 5.51. The number of hydrogen-bond acceptors (Lipinski definition) is 2. The van der Waals surface area contributed by atoms with Gasteiger partial charge in [0.25, 0.3) is 0 Å². The molecule has 0 saturated carbocycles. The van der Waals surface area contributed by atoms with Gasteiger partial charge in [0.05, 0.1) is 18.5 Å². The molecule has 0 aliphatic carbocycles. The SMILES string of the molecule is COc1ccc2[nH]c3c(c2c1)C(c1ccccc1)CN1C(=O)CCC=C31. The molecule has 130 valence electrons. The zero-order valence-electron chi connectivity index (χ0n) is 14.7. The van der Waals surface area contributed by atoms with Crippen molar-refractivity contribution in [2.75, 3.05) is 13.7 Å². The highest BCUT2D eigenvalue weighted by molar-refractivity contribution is 5.97. The average molecular weight is 344 g/mol. The van der Waals surface area contributed by atoms with Crippen molar-refractivity contribution in [1.82, 2.24) is 9.88 Å². The summed E-state index contributed by atoms with van der Waals surface area (Å²) < 4.78 is 5.45. The normalized spacial score (nSPS) is 19.1. The highest BCUT2D eigenvalue weighted by Crippen LogP contribution is 2.44. The number of aromatic amines is 1. The highest BCUT2D eigenvalue weighted by Gasteiger charge is 2.36. The molecule has 0 saturated heterocycles. The van der Waals surface area contributed by atoms with E-state index in [9.17, 15) is 4.79 Å². The van der Waals surface area contributed by atoms with E-state index in [0.29, 0.717) is 13.0 Å². The summed E-state index contributed by atoms with van der Waals surface area (Å²) in [5, 5.41) is 1.17. The van der Waals surface area contributed by atoms with Gasteiger partial charge in [-0.3, -0.25) is 4.79 Å². The minimum absolute atomic E-state index is 0.145. The Morgan fingerprint density at radius 3 is 2.81 bits per heavy atom. The lowest BCUT2D eigenvalue weighted by Crippen LogP contribution is -2.39. The molecule has 2 aliphatic rings. The fourth-order valence-corrected chi connectivity index (χ4v) is 4.26. The molecule has 0 radical (unpaired) electrons. The van der Waals surface area contributed by atoms with Crippen LogP contribution in [0.3, 0.4) is 0 Å². The summed E-state index contributed by atoms with van der Waals surface area (Å²) in [6.45, 7) is 0.686. The number of amides is 1. The van der Waals surface area contributed by atoms with Crippen LogP contribution in [0, 0.1) is 0 Å². The summed E-state index contributed by atoms with van der Waals surface area (Å²) in [6.07, 6.45) is 3.58. The van der Waals surface area contributed by atoms with Crippen LogP contribution in [-0.2, 0) is 4.79 Å². The molecule has 4 nitrogen and oxygen atoms in total. The van der Waals surface area contributed by atoms with Gasteiger partial charge in [0.2, 0.25) is 5.91 Å². The summed E-state index contributed by atoms with van der Waals surface area (Å²) in [5.74, 6) is 1.21. The smallest absolute Gasteiger partial charge is 0.227 e. The number of fused-ring (bicyclic) bond motifs is 5. The second-order valence-corrected chi connectivity index (χ2v) is 6.92. The van der Waals surface area contributed by atoms with Crippen molar-refractivity contribution in [3.05, 3.63) is 71.4 Å². The van der Waals surface area contributed by atoms with E-state index in [2.05, 4.69) is 47.5 Å². The monoisotopic (exact) mass is 344 g/mol. The second-order valence-electron chi connectivity index (χ2n) is 6.92. The van der Waals surface area contributed by atoms with E-state index in [4.69, 9.17) is 4.74 Å². The summed E-state index contributed by atoms with van der Waals surface area (Å²) in [5.41, 5.74) is 5.68. The van der Waals surface area contributed by atoms with Crippen molar-refractivity contribution in [3.8, 4) is 5.75 Å². The minimum Gasteiger partial charge on any atom is -0.497 e. The topological polar surface area (TPSA) is 45.3 Å². The first kappa shape index (κ1) is 15.3. The van der Waals surface area contributed by atoms with Crippen LogP contribution in [0.4, 0.5) is 0 Å². The summed E-state index contributed by atoms with van der Waals surface area (Å²) in [7, 11) is 1.69. The number of nitrogens with one attached hydrogen (secondary N) is 1. The fourth-order valence-electron chi connectivity index (χ4n) is 4.26. The van der Waals surface area contributed by atoms with Gasteiger partial charge in [-0.2, -0.15) is 0 Å². The molecule has 0 bridgehead atoms. The number of allylic oxidation sites excluding steroid dienone is 1. The third-order valence-corrected chi connectivity index (χ3v) is 5.51. The number of rotatable bonds is 2. The van der Waals surface area contributed by atoms with Crippen molar-refractivity contribution in [2.45, 2.75) is 18.8 Å². The van der Waals surface area contributed by atoms with E-state index in [-0.39, 0.29) is 11.8 Å². The van der Waals surface area contributed by atoms with Gasteiger partial charge in [-0.25, -0.2) is 0 Å². The molecule has 3 heterocycles. The lowest BCUT2D eigenvalue weighted by molar-refractivity contribution is -0.128.